The maximum absolute atomic E-state index is 5.69. The van der Waals surface area contributed by atoms with Gasteiger partial charge in [-0.1, -0.05) is 0 Å². The van der Waals surface area contributed by atoms with Crippen molar-refractivity contribution in [3.8, 4) is 5.88 Å². The van der Waals surface area contributed by atoms with Crippen LogP contribution in [0.15, 0.2) is 12.4 Å². The number of anilines is 1. The maximum Gasteiger partial charge on any atom is 0.257 e. The average Bonchev–Trinajstić information content (AvgIpc) is 2.80. The van der Waals surface area contributed by atoms with Crippen LogP contribution in [0.3, 0.4) is 0 Å². The van der Waals surface area contributed by atoms with Gasteiger partial charge in [0.1, 0.15) is 11.6 Å². The Labute approximate surface area is 123 Å². The van der Waals surface area contributed by atoms with Gasteiger partial charge in [-0.25, -0.2) is 19.6 Å². The molecule has 7 heteroatoms. The van der Waals surface area contributed by atoms with Crippen LogP contribution in [0, 0.1) is 6.92 Å². The van der Waals surface area contributed by atoms with Crippen LogP contribution in [0.1, 0.15) is 31.9 Å². The van der Waals surface area contributed by atoms with Crippen molar-refractivity contribution in [3.63, 3.8) is 0 Å². The fourth-order valence-corrected chi connectivity index (χ4v) is 2.48. The molecular formula is C14H20N6O. The molecule has 2 aromatic rings. The Balaban J connectivity index is 1.73. The number of hydrogen-bond donors (Lipinski definition) is 1. The summed E-state index contributed by atoms with van der Waals surface area (Å²) in [6, 6.07) is 0.254. The van der Waals surface area contributed by atoms with Crippen molar-refractivity contribution in [1.29, 1.82) is 0 Å². The third-order valence-electron chi connectivity index (χ3n) is 3.32. The predicted molar refractivity (Wildman–Crippen MR) is 78.3 cm³/mol. The van der Waals surface area contributed by atoms with E-state index in [1.54, 1.807) is 12.4 Å². The molecule has 7 nitrogen and oxygen atoms in total. The molecule has 2 aromatic heterocycles. The minimum Gasteiger partial charge on any atom is -0.472 e. The normalized spacial score (nSPS) is 17.6. The molecule has 3 rings (SSSR count). The summed E-state index contributed by atoms with van der Waals surface area (Å²) in [6.45, 7) is 6.66. The number of nitrogens with one attached hydrogen (secondary N) is 1. The van der Waals surface area contributed by atoms with Gasteiger partial charge in [-0.05, 0) is 27.2 Å². The Morgan fingerprint density at radius 3 is 2.95 bits per heavy atom. The van der Waals surface area contributed by atoms with E-state index in [1.165, 1.54) is 0 Å². The molecule has 0 aliphatic carbocycles. The summed E-state index contributed by atoms with van der Waals surface area (Å²) in [4.78, 5) is 13.0. The van der Waals surface area contributed by atoms with Gasteiger partial charge in [-0.2, -0.15) is 5.10 Å². The monoisotopic (exact) mass is 288 g/mol. The highest BCUT2D eigenvalue weighted by Gasteiger charge is 2.22. The molecule has 3 heterocycles. The van der Waals surface area contributed by atoms with Crippen molar-refractivity contribution < 1.29 is 4.74 Å². The summed E-state index contributed by atoms with van der Waals surface area (Å²) in [5, 5.41) is 7.83. The molecule has 112 valence electrons. The molecule has 1 atom stereocenters. The first-order valence-electron chi connectivity index (χ1n) is 7.26. The lowest BCUT2D eigenvalue weighted by molar-refractivity contribution is 0.232. The molecule has 1 N–H and O–H groups in total. The first kappa shape index (κ1) is 13.8. The second-order valence-electron chi connectivity index (χ2n) is 5.51. The predicted octanol–water partition coefficient (Wildman–Crippen LogP) is 1.59. The van der Waals surface area contributed by atoms with E-state index in [0.29, 0.717) is 11.7 Å². The summed E-state index contributed by atoms with van der Waals surface area (Å²) in [6.07, 6.45) is 5.29. The minimum atomic E-state index is 0.0678. The molecule has 0 amide bonds. The lowest BCUT2D eigenvalue weighted by Gasteiger charge is -2.24. The molecule has 0 radical (unpaired) electrons. The Kier molecular flexibility index (Phi) is 3.72. The van der Waals surface area contributed by atoms with Gasteiger partial charge < -0.3 is 10.1 Å². The van der Waals surface area contributed by atoms with Crippen molar-refractivity contribution in [2.24, 2.45) is 0 Å². The summed E-state index contributed by atoms with van der Waals surface area (Å²) >= 11 is 0. The second kappa shape index (κ2) is 5.67. The Hall–Kier alpha value is -2.18. The van der Waals surface area contributed by atoms with Gasteiger partial charge in [0.25, 0.3) is 5.88 Å². The zero-order valence-corrected chi connectivity index (χ0v) is 12.6. The number of aromatic nitrogens is 5. The van der Waals surface area contributed by atoms with E-state index < -0.39 is 0 Å². The van der Waals surface area contributed by atoms with E-state index in [4.69, 9.17) is 4.74 Å². The standard InChI is InChI=1S/C14H20N6O/c1-9(2)21-14-13(15-6-7-16-14)18-11-4-5-12-17-10(3)19-20(12)8-11/h6-7,9,11H,4-5,8H2,1-3H3,(H,15,18). The molecule has 0 saturated heterocycles. The van der Waals surface area contributed by atoms with Crippen LogP contribution >= 0.6 is 0 Å². The van der Waals surface area contributed by atoms with Crippen molar-refractivity contribution in [3.05, 3.63) is 24.0 Å². The van der Waals surface area contributed by atoms with Crippen LogP contribution < -0.4 is 10.1 Å². The fraction of sp³-hybridized carbons (Fsp3) is 0.571. The maximum atomic E-state index is 5.69. The van der Waals surface area contributed by atoms with E-state index in [-0.39, 0.29) is 12.1 Å². The van der Waals surface area contributed by atoms with Gasteiger partial charge in [0.2, 0.25) is 0 Å². The van der Waals surface area contributed by atoms with Gasteiger partial charge in [0, 0.05) is 24.9 Å². The molecule has 1 aliphatic rings. The zero-order valence-electron chi connectivity index (χ0n) is 12.6. The number of fused-ring (bicyclic) bond motifs is 1. The highest BCUT2D eigenvalue weighted by molar-refractivity contribution is 5.45. The van der Waals surface area contributed by atoms with E-state index in [0.717, 1.165) is 31.0 Å². The number of hydrogen-bond acceptors (Lipinski definition) is 6. The van der Waals surface area contributed by atoms with Crippen molar-refractivity contribution >= 4 is 5.82 Å². The number of aryl methyl sites for hydroxylation is 2. The third-order valence-corrected chi connectivity index (χ3v) is 3.32. The largest absolute Gasteiger partial charge is 0.472 e. The van der Waals surface area contributed by atoms with Crippen molar-refractivity contribution in [1.82, 2.24) is 24.7 Å². The molecule has 0 saturated carbocycles. The van der Waals surface area contributed by atoms with E-state index >= 15 is 0 Å². The van der Waals surface area contributed by atoms with Crippen molar-refractivity contribution in [2.75, 3.05) is 5.32 Å². The lowest BCUT2D eigenvalue weighted by atomic mass is 10.1. The Morgan fingerprint density at radius 2 is 2.14 bits per heavy atom. The van der Waals surface area contributed by atoms with Gasteiger partial charge >= 0.3 is 0 Å². The van der Waals surface area contributed by atoms with Crippen LogP contribution in [-0.4, -0.2) is 36.9 Å². The highest BCUT2D eigenvalue weighted by atomic mass is 16.5. The van der Waals surface area contributed by atoms with Gasteiger partial charge in [-0.15, -0.1) is 0 Å². The topological polar surface area (TPSA) is 77.8 Å². The fourth-order valence-electron chi connectivity index (χ4n) is 2.48. The van der Waals surface area contributed by atoms with Gasteiger partial charge in [-0.3, -0.25) is 0 Å². The molecule has 0 spiro atoms. The van der Waals surface area contributed by atoms with E-state index in [2.05, 4.69) is 25.4 Å². The number of nitrogens with zero attached hydrogens (tertiary/aromatic N) is 5. The van der Waals surface area contributed by atoms with E-state index in [1.807, 2.05) is 25.5 Å². The first-order valence-corrected chi connectivity index (χ1v) is 7.26. The average molecular weight is 288 g/mol. The second-order valence-corrected chi connectivity index (χ2v) is 5.51. The number of ether oxygens (including phenoxy) is 1. The smallest absolute Gasteiger partial charge is 0.257 e. The van der Waals surface area contributed by atoms with Crippen molar-refractivity contribution in [2.45, 2.75) is 52.3 Å². The molecule has 1 aliphatic heterocycles. The van der Waals surface area contributed by atoms with Crippen LogP contribution in [0.25, 0.3) is 0 Å². The summed E-state index contributed by atoms with van der Waals surface area (Å²) in [7, 11) is 0. The molecule has 0 bridgehead atoms. The Morgan fingerprint density at radius 1 is 1.33 bits per heavy atom. The minimum absolute atomic E-state index is 0.0678. The summed E-state index contributed by atoms with van der Waals surface area (Å²) in [5.74, 6) is 3.13. The lowest BCUT2D eigenvalue weighted by Crippen LogP contribution is -2.32. The summed E-state index contributed by atoms with van der Waals surface area (Å²) in [5.41, 5.74) is 0. The van der Waals surface area contributed by atoms with Gasteiger partial charge in [0.15, 0.2) is 5.82 Å². The van der Waals surface area contributed by atoms with E-state index in [9.17, 15) is 0 Å². The Bertz CT molecular complexity index is 624. The molecular weight excluding hydrogens is 268 g/mol. The molecule has 1 unspecified atom stereocenters. The summed E-state index contributed by atoms with van der Waals surface area (Å²) < 4.78 is 7.66. The third kappa shape index (κ3) is 3.12. The van der Waals surface area contributed by atoms with Crippen LogP contribution in [0.2, 0.25) is 0 Å². The molecule has 0 aromatic carbocycles. The first-order chi connectivity index (χ1) is 10.1. The van der Waals surface area contributed by atoms with Crippen LogP contribution in [0.5, 0.6) is 5.88 Å². The SMILES string of the molecule is Cc1nc2n(n1)CC(Nc1nccnc1OC(C)C)CC2. The highest BCUT2D eigenvalue weighted by Crippen LogP contribution is 2.23. The quantitative estimate of drug-likeness (QED) is 0.920. The van der Waals surface area contributed by atoms with Crippen LogP contribution in [-0.2, 0) is 13.0 Å². The number of rotatable bonds is 4. The van der Waals surface area contributed by atoms with Gasteiger partial charge in [0.05, 0.1) is 12.6 Å². The zero-order chi connectivity index (χ0) is 14.8. The molecule has 0 fully saturated rings. The van der Waals surface area contributed by atoms with Crippen LogP contribution in [0.4, 0.5) is 5.82 Å². The molecule has 21 heavy (non-hydrogen) atoms.